The van der Waals surface area contributed by atoms with Crippen LogP contribution in [0, 0.1) is 5.92 Å². The zero-order valence-electron chi connectivity index (χ0n) is 37.6. The first kappa shape index (κ1) is 53.8. The number of hydrogen-bond donors (Lipinski definition) is 13. The van der Waals surface area contributed by atoms with Gasteiger partial charge in [-0.15, -0.1) is 0 Å². The smallest absolute Gasteiger partial charge is 0.244 e. The Morgan fingerprint density at radius 2 is 1.22 bits per heavy atom. The van der Waals surface area contributed by atoms with E-state index in [-0.39, 0.29) is 87.4 Å². The molecule has 4 rings (SSSR count). The zero-order chi connectivity index (χ0) is 48.9. The average Bonchev–Trinajstić information content (AvgIpc) is 3.28. The maximum atomic E-state index is 14.3. The van der Waals surface area contributed by atoms with Gasteiger partial charge in [-0.1, -0.05) is 78.0 Å². The number of nitrogens with one attached hydrogen (secondary N) is 7. The molecule has 25 heteroatoms. The number of nitrogens with two attached hydrogens (primary N) is 6. The van der Waals surface area contributed by atoms with E-state index in [2.05, 4.69) is 47.2 Å². The van der Waals surface area contributed by atoms with Crippen molar-refractivity contribution in [1.29, 1.82) is 0 Å². The molecule has 67 heavy (non-hydrogen) atoms. The lowest BCUT2D eigenvalue weighted by Gasteiger charge is -2.30. The SMILES string of the molecule is NC(=O)CC[C@H](NC(=O)[C@@H](CCCN=C(N)N)NC(=O)[C@@H](CCCN=C(N)N)NC(=O)[C@@H]1Cc2ccccc2CN1)C(=O)N[C@@H](CC1CCCCC1)C(=O)N[C@H]1CSSC[C@@H](C(N)=O)NC1=O. The summed E-state index contributed by atoms with van der Waals surface area (Å²) in [5.74, 6) is -5.42. The summed E-state index contributed by atoms with van der Waals surface area (Å²) < 4.78 is 0. The van der Waals surface area contributed by atoms with Crippen molar-refractivity contribution in [3.63, 3.8) is 0 Å². The number of guanidine groups is 2. The molecule has 1 aromatic carbocycles. The van der Waals surface area contributed by atoms with Crippen LogP contribution in [-0.4, -0.2) is 126 Å². The molecule has 1 saturated heterocycles. The first-order valence-electron chi connectivity index (χ1n) is 22.6. The molecule has 2 fully saturated rings. The maximum Gasteiger partial charge on any atom is 0.244 e. The molecule has 3 aliphatic rings. The number of nitrogens with zero attached hydrogens (tertiary/aromatic N) is 2. The predicted octanol–water partition coefficient (Wildman–Crippen LogP) is -3.17. The Kier molecular flexibility index (Phi) is 22.3. The van der Waals surface area contributed by atoms with Crippen LogP contribution in [0.3, 0.4) is 0 Å². The summed E-state index contributed by atoms with van der Waals surface area (Å²) >= 11 is 0. The zero-order valence-corrected chi connectivity index (χ0v) is 39.2. The normalized spacial score (nSPS) is 20.2. The van der Waals surface area contributed by atoms with Crippen molar-refractivity contribution in [2.24, 2.45) is 50.3 Å². The van der Waals surface area contributed by atoms with E-state index in [1.54, 1.807) is 0 Å². The number of carbonyl (C=O) groups excluding carboxylic acids is 8. The van der Waals surface area contributed by atoms with Gasteiger partial charge in [0.1, 0.15) is 36.3 Å². The fraction of sp³-hybridized carbons (Fsp3) is 0.619. The number of hydrogen-bond acceptors (Lipinski definition) is 13. The van der Waals surface area contributed by atoms with Gasteiger partial charge in [0.15, 0.2) is 11.9 Å². The third-order valence-corrected chi connectivity index (χ3v) is 14.1. The standard InChI is InChI=1S/C42H67N15O8S2/c43-33(58)15-14-28(37(62)55-30(18-23-8-2-1-3-9-23)39(64)57-32-22-67-66-21-31(34(44)59)56-40(32)65)54-36(61)26(12-6-16-49-41(45)46)52-35(60)27(13-7-17-50-42(47)48)53-38(63)29-19-24-10-4-5-11-25(24)20-51-29/h4-5,10-11,23,26-32,51H,1-3,6-9,12-22H2,(H2,43,58)(H2,44,59)(H,52,60)(H,53,63)(H,54,61)(H,55,62)(H,56,65)(H,57,64)(H4,45,46,49)(H4,47,48,50)/t26-,27-,28+,29+,30+,31+,32+/m1/s1. The highest BCUT2D eigenvalue weighted by molar-refractivity contribution is 8.76. The molecular weight excluding hydrogens is 907 g/mol. The van der Waals surface area contributed by atoms with Gasteiger partial charge in [0, 0.05) is 37.6 Å². The third kappa shape index (κ3) is 18.8. The van der Waals surface area contributed by atoms with Gasteiger partial charge >= 0.3 is 0 Å². The highest BCUT2D eigenvalue weighted by atomic mass is 33.1. The minimum Gasteiger partial charge on any atom is -0.370 e. The van der Waals surface area contributed by atoms with Crippen LogP contribution < -0.4 is 71.6 Å². The van der Waals surface area contributed by atoms with Crippen molar-refractivity contribution in [1.82, 2.24) is 37.2 Å². The predicted molar refractivity (Wildman–Crippen MR) is 256 cm³/mol. The molecule has 1 aromatic rings. The molecule has 370 valence electrons. The summed E-state index contributed by atoms with van der Waals surface area (Å²) in [6.45, 7) is 0.676. The molecule has 19 N–H and O–H groups in total. The molecule has 0 unspecified atom stereocenters. The molecule has 0 spiro atoms. The van der Waals surface area contributed by atoms with Crippen LogP contribution in [0.4, 0.5) is 0 Å². The fourth-order valence-corrected chi connectivity index (χ4v) is 10.3. The van der Waals surface area contributed by atoms with Gasteiger partial charge in [-0.2, -0.15) is 0 Å². The number of primary amides is 2. The summed E-state index contributed by atoms with van der Waals surface area (Å²) in [6, 6.07) is -0.0466. The Balaban J connectivity index is 1.55. The van der Waals surface area contributed by atoms with Crippen LogP contribution in [0.5, 0.6) is 0 Å². The average molecular weight is 974 g/mol. The first-order valence-corrected chi connectivity index (χ1v) is 25.0. The van der Waals surface area contributed by atoms with E-state index < -0.39 is 89.6 Å². The Bertz CT molecular complexity index is 1960. The van der Waals surface area contributed by atoms with Crippen molar-refractivity contribution in [2.75, 3.05) is 24.6 Å². The number of benzene rings is 1. The van der Waals surface area contributed by atoms with E-state index in [4.69, 9.17) is 34.4 Å². The van der Waals surface area contributed by atoms with Gasteiger partial charge in [-0.05, 0) is 62.0 Å². The second kappa shape index (κ2) is 27.7. The third-order valence-electron chi connectivity index (χ3n) is 11.6. The lowest BCUT2D eigenvalue weighted by molar-refractivity contribution is -0.136. The Morgan fingerprint density at radius 3 is 1.81 bits per heavy atom. The molecule has 23 nitrogen and oxygen atoms in total. The van der Waals surface area contributed by atoms with Crippen LogP contribution in [0.2, 0.25) is 0 Å². The molecule has 1 saturated carbocycles. The van der Waals surface area contributed by atoms with Crippen molar-refractivity contribution in [3.05, 3.63) is 35.4 Å². The lowest BCUT2D eigenvalue weighted by Crippen LogP contribution is -2.61. The summed E-state index contributed by atoms with van der Waals surface area (Å²) in [7, 11) is 2.60. The highest BCUT2D eigenvalue weighted by Crippen LogP contribution is 2.28. The second-order valence-corrected chi connectivity index (χ2v) is 19.4. The molecule has 1 aliphatic carbocycles. The molecule has 8 amide bonds. The fourth-order valence-electron chi connectivity index (χ4n) is 7.97. The lowest BCUT2D eigenvalue weighted by atomic mass is 9.84. The van der Waals surface area contributed by atoms with Gasteiger partial charge in [0.2, 0.25) is 47.3 Å². The highest BCUT2D eigenvalue weighted by Gasteiger charge is 2.36. The van der Waals surface area contributed by atoms with Crippen LogP contribution in [0.15, 0.2) is 34.3 Å². The van der Waals surface area contributed by atoms with Gasteiger partial charge in [0.25, 0.3) is 0 Å². The number of fused-ring (bicyclic) bond motifs is 1. The molecule has 2 aliphatic heterocycles. The van der Waals surface area contributed by atoms with Crippen LogP contribution in [0.1, 0.15) is 88.2 Å². The van der Waals surface area contributed by atoms with Crippen LogP contribution >= 0.6 is 21.6 Å². The van der Waals surface area contributed by atoms with Crippen LogP contribution in [-0.2, 0) is 51.3 Å². The summed E-state index contributed by atoms with van der Waals surface area (Å²) in [5, 5.41) is 19.5. The van der Waals surface area contributed by atoms with E-state index >= 15 is 0 Å². The Hall–Kier alpha value is -5.82. The number of carbonyl (C=O) groups is 8. The molecular formula is C42H67N15O8S2. The summed E-state index contributed by atoms with van der Waals surface area (Å²) in [6.07, 6.45) is 5.02. The molecule has 0 radical (unpaired) electrons. The molecule has 7 atom stereocenters. The monoisotopic (exact) mass is 973 g/mol. The van der Waals surface area contributed by atoms with Gasteiger partial charge in [-0.25, -0.2) is 0 Å². The minimum atomic E-state index is -1.43. The van der Waals surface area contributed by atoms with Gasteiger partial charge in [0.05, 0.1) is 6.04 Å². The van der Waals surface area contributed by atoms with E-state index in [0.717, 1.165) is 43.2 Å². The number of aliphatic imine (C=N–C) groups is 2. The maximum absolute atomic E-state index is 14.3. The van der Waals surface area contributed by atoms with Crippen LogP contribution in [0.25, 0.3) is 0 Å². The van der Waals surface area contributed by atoms with E-state index in [1.165, 1.54) is 21.6 Å². The van der Waals surface area contributed by atoms with Crippen molar-refractivity contribution in [3.8, 4) is 0 Å². The molecule has 0 aromatic heterocycles. The van der Waals surface area contributed by atoms with Gasteiger partial charge in [-0.3, -0.25) is 48.3 Å². The second-order valence-electron chi connectivity index (χ2n) is 16.9. The minimum absolute atomic E-state index is 0.0305. The van der Waals surface area contributed by atoms with Crippen molar-refractivity contribution < 1.29 is 38.4 Å². The van der Waals surface area contributed by atoms with E-state index in [0.29, 0.717) is 13.0 Å². The number of amides is 8. The first-order chi connectivity index (χ1) is 32.0. The molecule has 2 heterocycles. The summed E-state index contributed by atoms with van der Waals surface area (Å²) in [4.78, 5) is 115. The largest absolute Gasteiger partial charge is 0.370 e. The van der Waals surface area contributed by atoms with Gasteiger partial charge < -0.3 is 71.6 Å². The van der Waals surface area contributed by atoms with Crippen molar-refractivity contribution >= 4 is 80.8 Å². The van der Waals surface area contributed by atoms with Crippen molar-refractivity contribution in [2.45, 2.75) is 132 Å². The molecule has 0 bridgehead atoms. The Morgan fingerprint density at radius 1 is 0.672 bits per heavy atom. The van der Waals surface area contributed by atoms with E-state index in [9.17, 15) is 38.4 Å². The Labute approximate surface area is 397 Å². The number of rotatable bonds is 24. The van der Waals surface area contributed by atoms with E-state index in [1.807, 2.05) is 24.3 Å². The quantitative estimate of drug-likeness (QED) is 0.0210. The summed E-state index contributed by atoms with van der Waals surface area (Å²) in [5.41, 5.74) is 35.1. The topological polar surface area (TPSA) is 402 Å².